The largest absolute Gasteiger partial charge is 0.497 e. The van der Waals surface area contributed by atoms with Crippen LogP contribution in [0.2, 0.25) is 5.02 Å². The molecular formula is C23H24ClNO5S2. The first kappa shape index (κ1) is 24.2. The van der Waals surface area contributed by atoms with E-state index in [0.717, 1.165) is 17.1 Å². The molecule has 0 bridgehead atoms. The second-order valence-electron chi connectivity index (χ2n) is 6.73. The SMILES string of the molecule is CCOc1cc(C=C2SC(=S)N(C)C2=O)cc(Cl)c1OCCCOc1ccc(OC)cc1. The summed E-state index contributed by atoms with van der Waals surface area (Å²) >= 11 is 12.9. The number of ether oxygens (including phenoxy) is 4. The van der Waals surface area contributed by atoms with Crippen molar-refractivity contribution in [3.05, 3.63) is 51.9 Å². The van der Waals surface area contributed by atoms with Gasteiger partial charge in [0.05, 0.1) is 36.9 Å². The minimum atomic E-state index is -0.133. The number of thiocarbonyl (C=S) groups is 1. The Hall–Kier alpha value is -2.42. The van der Waals surface area contributed by atoms with Gasteiger partial charge in [0.1, 0.15) is 15.8 Å². The number of hydrogen-bond donors (Lipinski definition) is 0. The molecule has 1 amide bonds. The van der Waals surface area contributed by atoms with E-state index in [-0.39, 0.29) is 5.91 Å². The van der Waals surface area contributed by atoms with Crippen LogP contribution in [0.25, 0.3) is 6.08 Å². The van der Waals surface area contributed by atoms with Gasteiger partial charge < -0.3 is 18.9 Å². The maximum Gasteiger partial charge on any atom is 0.265 e. The lowest BCUT2D eigenvalue weighted by Gasteiger charge is -2.15. The van der Waals surface area contributed by atoms with Gasteiger partial charge in [-0.2, -0.15) is 0 Å². The van der Waals surface area contributed by atoms with Crippen LogP contribution in [-0.2, 0) is 4.79 Å². The smallest absolute Gasteiger partial charge is 0.265 e. The molecule has 1 fully saturated rings. The molecule has 0 spiro atoms. The quantitative estimate of drug-likeness (QED) is 0.248. The van der Waals surface area contributed by atoms with Gasteiger partial charge in [-0.3, -0.25) is 9.69 Å². The minimum Gasteiger partial charge on any atom is -0.497 e. The summed E-state index contributed by atoms with van der Waals surface area (Å²) < 4.78 is 23.0. The molecule has 1 aliphatic rings. The summed E-state index contributed by atoms with van der Waals surface area (Å²) in [7, 11) is 3.28. The normalized spacial score (nSPS) is 14.8. The summed E-state index contributed by atoms with van der Waals surface area (Å²) in [4.78, 5) is 14.3. The predicted molar refractivity (Wildman–Crippen MR) is 132 cm³/mol. The lowest BCUT2D eigenvalue weighted by atomic mass is 10.1. The maximum atomic E-state index is 12.3. The first-order chi connectivity index (χ1) is 15.4. The van der Waals surface area contributed by atoms with E-state index in [4.69, 9.17) is 42.8 Å². The minimum absolute atomic E-state index is 0.133. The van der Waals surface area contributed by atoms with Crippen molar-refractivity contribution in [3.8, 4) is 23.0 Å². The Bertz CT molecular complexity index is 1010. The number of carbonyl (C=O) groups excluding carboxylic acids is 1. The molecule has 2 aromatic carbocycles. The molecule has 0 unspecified atom stereocenters. The van der Waals surface area contributed by atoms with Crippen molar-refractivity contribution in [1.29, 1.82) is 0 Å². The Morgan fingerprint density at radius 3 is 2.41 bits per heavy atom. The molecule has 0 N–H and O–H groups in total. The first-order valence-electron chi connectivity index (χ1n) is 10.0. The molecule has 9 heteroatoms. The van der Waals surface area contributed by atoms with Crippen LogP contribution in [0.15, 0.2) is 41.3 Å². The molecule has 0 aliphatic carbocycles. The number of nitrogens with zero attached hydrogens (tertiary/aromatic N) is 1. The van der Waals surface area contributed by atoms with Crippen molar-refractivity contribution in [2.24, 2.45) is 0 Å². The number of hydrogen-bond acceptors (Lipinski definition) is 7. The van der Waals surface area contributed by atoms with E-state index in [1.807, 2.05) is 31.2 Å². The lowest BCUT2D eigenvalue weighted by Crippen LogP contribution is -2.22. The molecule has 0 atom stereocenters. The van der Waals surface area contributed by atoms with Gasteiger partial charge in [0.15, 0.2) is 11.5 Å². The highest BCUT2D eigenvalue weighted by Gasteiger charge is 2.28. The topological polar surface area (TPSA) is 57.2 Å². The fourth-order valence-electron chi connectivity index (χ4n) is 2.87. The molecule has 0 radical (unpaired) electrons. The zero-order chi connectivity index (χ0) is 23.1. The van der Waals surface area contributed by atoms with E-state index >= 15 is 0 Å². The number of rotatable bonds is 10. The van der Waals surface area contributed by atoms with E-state index in [1.54, 1.807) is 32.4 Å². The predicted octanol–water partition coefficient (Wildman–Crippen LogP) is 5.43. The van der Waals surface area contributed by atoms with Crippen molar-refractivity contribution in [2.45, 2.75) is 13.3 Å². The van der Waals surface area contributed by atoms with Crippen LogP contribution in [0.4, 0.5) is 0 Å². The third-order valence-electron chi connectivity index (χ3n) is 4.48. The van der Waals surface area contributed by atoms with Crippen molar-refractivity contribution in [2.75, 3.05) is 34.0 Å². The van der Waals surface area contributed by atoms with Gasteiger partial charge >= 0.3 is 0 Å². The maximum absolute atomic E-state index is 12.3. The van der Waals surface area contributed by atoms with Crippen molar-refractivity contribution in [1.82, 2.24) is 4.90 Å². The fourth-order valence-corrected chi connectivity index (χ4v) is 4.32. The standard InChI is InChI=1S/C23H24ClNO5S2/c1-4-28-19-13-15(14-20-22(26)25(2)23(31)32-20)12-18(24)21(19)30-11-5-10-29-17-8-6-16(27-3)7-9-17/h6-9,12-14H,4-5,10-11H2,1-3H3. The molecular weight excluding hydrogens is 470 g/mol. The monoisotopic (exact) mass is 493 g/mol. The van der Waals surface area contributed by atoms with Crippen LogP contribution in [0, 0.1) is 0 Å². The van der Waals surface area contributed by atoms with Crippen LogP contribution >= 0.6 is 35.6 Å². The van der Waals surface area contributed by atoms with Gasteiger partial charge in [-0.25, -0.2) is 0 Å². The van der Waals surface area contributed by atoms with E-state index < -0.39 is 0 Å². The number of likely N-dealkylation sites (N-methyl/N-ethyl adjacent to an activating group) is 1. The fraction of sp³-hybridized carbons (Fsp3) is 0.304. The molecule has 32 heavy (non-hydrogen) atoms. The number of carbonyl (C=O) groups is 1. The Morgan fingerprint density at radius 2 is 1.78 bits per heavy atom. The Balaban J connectivity index is 1.62. The summed E-state index contributed by atoms with van der Waals surface area (Å²) in [5, 5.41) is 0.408. The number of thioether (sulfide) groups is 1. The molecule has 1 saturated heterocycles. The molecule has 2 aromatic rings. The third kappa shape index (κ3) is 6.09. The number of halogens is 1. The molecule has 1 aliphatic heterocycles. The summed E-state index contributed by atoms with van der Waals surface area (Å²) in [6.45, 7) is 3.23. The van der Waals surface area contributed by atoms with Crippen molar-refractivity contribution >= 4 is 51.9 Å². The Morgan fingerprint density at radius 1 is 1.09 bits per heavy atom. The molecule has 6 nitrogen and oxygen atoms in total. The van der Waals surface area contributed by atoms with Gasteiger partial charge in [0.2, 0.25) is 0 Å². The zero-order valence-electron chi connectivity index (χ0n) is 18.1. The molecule has 3 rings (SSSR count). The zero-order valence-corrected chi connectivity index (χ0v) is 20.4. The van der Waals surface area contributed by atoms with E-state index in [0.29, 0.717) is 52.0 Å². The molecule has 1 heterocycles. The van der Waals surface area contributed by atoms with Crippen molar-refractivity contribution in [3.63, 3.8) is 0 Å². The highest BCUT2D eigenvalue weighted by molar-refractivity contribution is 8.26. The summed E-state index contributed by atoms with van der Waals surface area (Å²) in [6, 6.07) is 11.0. The van der Waals surface area contributed by atoms with Crippen LogP contribution in [0.3, 0.4) is 0 Å². The van der Waals surface area contributed by atoms with E-state index in [2.05, 4.69) is 0 Å². The lowest BCUT2D eigenvalue weighted by molar-refractivity contribution is -0.121. The molecule has 0 aromatic heterocycles. The van der Waals surface area contributed by atoms with E-state index in [9.17, 15) is 4.79 Å². The van der Waals surface area contributed by atoms with Gasteiger partial charge in [0, 0.05) is 13.5 Å². The molecule has 170 valence electrons. The van der Waals surface area contributed by atoms with Crippen LogP contribution in [0.1, 0.15) is 18.9 Å². The van der Waals surface area contributed by atoms with Crippen molar-refractivity contribution < 1.29 is 23.7 Å². The van der Waals surface area contributed by atoms with Crippen LogP contribution < -0.4 is 18.9 Å². The number of amides is 1. The van der Waals surface area contributed by atoms with Gasteiger partial charge in [0.25, 0.3) is 5.91 Å². The van der Waals surface area contributed by atoms with Gasteiger partial charge in [-0.05, 0) is 55.0 Å². The third-order valence-corrected chi connectivity index (χ3v) is 6.24. The number of methoxy groups -OCH3 is 1. The second kappa shape index (κ2) is 11.4. The summed E-state index contributed by atoms with van der Waals surface area (Å²) in [5.74, 6) is 2.41. The van der Waals surface area contributed by atoms with Gasteiger partial charge in [-0.15, -0.1) is 0 Å². The summed E-state index contributed by atoms with van der Waals surface area (Å²) in [6.07, 6.45) is 2.42. The van der Waals surface area contributed by atoms with E-state index in [1.165, 1.54) is 16.7 Å². The Kier molecular flexibility index (Phi) is 8.67. The number of benzene rings is 2. The first-order valence-corrected chi connectivity index (χ1v) is 11.6. The van der Waals surface area contributed by atoms with Crippen LogP contribution in [-0.4, -0.2) is 49.1 Å². The summed E-state index contributed by atoms with van der Waals surface area (Å²) in [5.41, 5.74) is 0.739. The Labute approximate surface area is 202 Å². The average molecular weight is 494 g/mol. The highest BCUT2D eigenvalue weighted by Crippen LogP contribution is 2.39. The highest BCUT2D eigenvalue weighted by atomic mass is 35.5. The van der Waals surface area contributed by atoms with Gasteiger partial charge in [-0.1, -0.05) is 35.6 Å². The molecule has 0 saturated carbocycles. The second-order valence-corrected chi connectivity index (χ2v) is 8.81. The van der Waals surface area contributed by atoms with Crippen LogP contribution in [0.5, 0.6) is 23.0 Å². The average Bonchev–Trinajstić information content (AvgIpc) is 3.02.